The quantitative estimate of drug-likeness (QED) is 0.457. The van der Waals surface area contributed by atoms with Crippen LogP contribution in [0.25, 0.3) is 0 Å². The Bertz CT molecular complexity index is 25.2. The van der Waals surface area contributed by atoms with Gasteiger partial charge in [-0.25, -0.2) is 0 Å². The average molecular weight is 122 g/mol. The molecule has 2 nitrogen and oxygen atoms in total. The lowest BCUT2D eigenvalue weighted by atomic mass is 11.8. The van der Waals surface area contributed by atoms with Crippen LogP contribution in [0.5, 0.6) is 0 Å². The molecule has 0 bridgehead atoms. The van der Waals surface area contributed by atoms with Gasteiger partial charge in [0, 0.05) is 7.11 Å². The smallest absolute Gasteiger partial charge is 0.179 e. The molecule has 0 unspecified atom stereocenters. The fraction of sp³-hybridized carbons (Fsp3) is 1.00. The summed E-state index contributed by atoms with van der Waals surface area (Å²) < 4.78 is 0. The molecule has 3 heteroatoms. The second-order valence-corrected chi connectivity index (χ2v) is 6.51. The molecule has 0 saturated carbocycles. The molecule has 0 spiro atoms. The maximum atomic E-state index is 8.66. The molecule has 7 heavy (non-hydrogen) atoms. The highest BCUT2D eigenvalue weighted by Crippen LogP contribution is 1.88. The highest BCUT2D eigenvalue weighted by molar-refractivity contribution is 6.68. The SMILES string of the molecule is CO.C[Si](C)(C)O. The molecule has 0 aromatic rings. The second-order valence-electron chi connectivity index (χ2n) is 2.17. The third-order valence-electron chi connectivity index (χ3n) is 0. The van der Waals surface area contributed by atoms with Gasteiger partial charge in [-0.2, -0.15) is 0 Å². The van der Waals surface area contributed by atoms with Gasteiger partial charge in [-0.05, 0) is 19.6 Å². The standard InChI is InChI=1S/C3H10OSi.CH4O/c1-5(2,3)4;1-2/h4H,1-3H3;2H,1H3. The van der Waals surface area contributed by atoms with Gasteiger partial charge in [0.1, 0.15) is 0 Å². The van der Waals surface area contributed by atoms with Gasteiger partial charge in [0.05, 0.1) is 0 Å². The zero-order valence-corrected chi connectivity index (χ0v) is 6.39. The first kappa shape index (κ1) is 10.2. The van der Waals surface area contributed by atoms with Crippen molar-refractivity contribution in [2.24, 2.45) is 0 Å². The molecule has 0 aromatic carbocycles. The van der Waals surface area contributed by atoms with Crippen molar-refractivity contribution in [2.75, 3.05) is 7.11 Å². The Hall–Kier alpha value is 0.137. The number of aliphatic hydroxyl groups is 1. The summed E-state index contributed by atoms with van der Waals surface area (Å²) in [6, 6.07) is 0. The van der Waals surface area contributed by atoms with E-state index in [-0.39, 0.29) is 0 Å². The van der Waals surface area contributed by atoms with Crippen molar-refractivity contribution >= 4 is 8.32 Å². The lowest BCUT2D eigenvalue weighted by Crippen LogP contribution is -2.17. The Balaban J connectivity index is 0. The zero-order chi connectivity index (χ0) is 6.50. The summed E-state index contributed by atoms with van der Waals surface area (Å²) >= 11 is 0. The molecule has 0 amide bonds. The third-order valence-corrected chi connectivity index (χ3v) is 0. The Labute approximate surface area is 45.9 Å². The molecule has 0 atom stereocenters. The van der Waals surface area contributed by atoms with Crippen molar-refractivity contribution in [3.8, 4) is 0 Å². The van der Waals surface area contributed by atoms with Gasteiger partial charge in [-0.15, -0.1) is 0 Å². The van der Waals surface area contributed by atoms with E-state index in [1.807, 2.05) is 19.6 Å². The van der Waals surface area contributed by atoms with Crippen molar-refractivity contribution in [2.45, 2.75) is 19.6 Å². The minimum Gasteiger partial charge on any atom is -0.433 e. The summed E-state index contributed by atoms with van der Waals surface area (Å²) in [5, 5.41) is 7.00. The van der Waals surface area contributed by atoms with Gasteiger partial charge < -0.3 is 9.90 Å². The van der Waals surface area contributed by atoms with E-state index in [2.05, 4.69) is 0 Å². The van der Waals surface area contributed by atoms with Crippen LogP contribution in [0, 0.1) is 0 Å². The van der Waals surface area contributed by atoms with Gasteiger partial charge in [0.2, 0.25) is 0 Å². The normalized spacial score (nSPS) is 9.43. The Morgan fingerprint density at radius 1 is 1.00 bits per heavy atom. The van der Waals surface area contributed by atoms with Crippen LogP contribution in [0.2, 0.25) is 19.6 Å². The monoisotopic (exact) mass is 122 g/mol. The van der Waals surface area contributed by atoms with E-state index in [9.17, 15) is 0 Å². The Morgan fingerprint density at radius 3 is 1.00 bits per heavy atom. The van der Waals surface area contributed by atoms with Crippen molar-refractivity contribution in [3.63, 3.8) is 0 Å². The van der Waals surface area contributed by atoms with Crippen LogP contribution in [0.1, 0.15) is 0 Å². The van der Waals surface area contributed by atoms with E-state index in [4.69, 9.17) is 9.90 Å². The van der Waals surface area contributed by atoms with E-state index in [1.165, 1.54) is 0 Å². The van der Waals surface area contributed by atoms with Crippen LogP contribution in [0.15, 0.2) is 0 Å². The first-order valence-electron chi connectivity index (χ1n) is 2.17. The molecular weight excluding hydrogens is 108 g/mol. The predicted molar refractivity (Wildman–Crippen MR) is 33.7 cm³/mol. The molecule has 0 radical (unpaired) electrons. The maximum Gasteiger partial charge on any atom is 0.179 e. The van der Waals surface area contributed by atoms with Crippen LogP contribution in [-0.4, -0.2) is 25.3 Å². The highest BCUT2D eigenvalue weighted by atomic mass is 28.4. The van der Waals surface area contributed by atoms with Crippen molar-refractivity contribution < 1.29 is 9.90 Å². The third kappa shape index (κ3) is 5610. The number of rotatable bonds is 0. The summed E-state index contributed by atoms with van der Waals surface area (Å²) in [7, 11) is -0.611. The zero-order valence-electron chi connectivity index (χ0n) is 5.39. The molecule has 0 aromatic heterocycles. The van der Waals surface area contributed by atoms with E-state index >= 15 is 0 Å². The fourth-order valence-electron chi connectivity index (χ4n) is 0. The average Bonchev–Trinajstić information content (AvgIpc) is 1.36. The summed E-state index contributed by atoms with van der Waals surface area (Å²) in [6.07, 6.45) is 0. The first-order chi connectivity index (χ1) is 3.00. The van der Waals surface area contributed by atoms with Crippen LogP contribution in [0.4, 0.5) is 0 Å². The van der Waals surface area contributed by atoms with Gasteiger partial charge >= 0.3 is 0 Å². The predicted octanol–water partition coefficient (Wildman–Crippen LogP) is 0.422. The molecular formula is C4H14O2Si. The van der Waals surface area contributed by atoms with Crippen LogP contribution < -0.4 is 0 Å². The van der Waals surface area contributed by atoms with Gasteiger partial charge in [0.15, 0.2) is 8.32 Å². The van der Waals surface area contributed by atoms with Crippen LogP contribution in [-0.2, 0) is 0 Å². The van der Waals surface area contributed by atoms with E-state index in [0.29, 0.717) is 0 Å². The molecule has 0 rings (SSSR count). The summed E-state index contributed by atoms with van der Waals surface area (Å²) in [5.41, 5.74) is 0. The van der Waals surface area contributed by atoms with Gasteiger partial charge in [-0.1, -0.05) is 0 Å². The van der Waals surface area contributed by atoms with Gasteiger partial charge in [0.25, 0.3) is 0 Å². The summed E-state index contributed by atoms with van der Waals surface area (Å²) in [5.74, 6) is 0. The highest BCUT2D eigenvalue weighted by Gasteiger charge is 2.03. The topological polar surface area (TPSA) is 40.5 Å². The minimum absolute atomic E-state index is 1.00. The van der Waals surface area contributed by atoms with E-state index < -0.39 is 8.32 Å². The lowest BCUT2D eigenvalue weighted by Gasteiger charge is -2.00. The molecule has 0 aliphatic heterocycles. The molecule has 2 N–H and O–H groups in total. The maximum absolute atomic E-state index is 8.66. The molecule has 0 aliphatic rings. The van der Waals surface area contributed by atoms with E-state index in [1.54, 1.807) is 0 Å². The molecule has 0 fully saturated rings. The fourth-order valence-corrected chi connectivity index (χ4v) is 0. The van der Waals surface area contributed by atoms with Crippen molar-refractivity contribution in [3.05, 3.63) is 0 Å². The van der Waals surface area contributed by atoms with E-state index in [0.717, 1.165) is 7.11 Å². The second kappa shape index (κ2) is 4.30. The first-order valence-corrected chi connectivity index (χ1v) is 5.62. The Morgan fingerprint density at radius 2 is 1.00 bits per heavy atom. The van der Waals surface area contributed by atoms with Crippen LogP contribution in [0.3, 0.4) is 0 Å². The van der Waals surface area contributed by atoms with Crippen molar-refractivity contribution in [1.82, 2.24) is 0 Å². The minimum atomic E-state index is -1.61. The number of hydrogen-bond donors (Lipinski definition) is 2. The molecule has 46 valence electrons. The summed E-state index contributed by atoms with van der Waals surface area (Å²) in [6.45, 7) is 5.65. The molecule has 0 saturated heterocycles. The lowest BCUT2D eigenvalue weighted by molar-refractivity contribution is 0.399. The molecule has 0 heterocycles. The number of hydrogen-bond acceptors (Lipinski definition) is 2. The van der Waals surface area contributed by atoms with Gasteiger partial charge in [-0.3, -0.25) is 0 Å². The number of aliphatic hydroxyl groups excluding tert-OH is 1. The Kier molecular flexibility index (Phi) is 6.26. The summed E-state index contributed by atoms with van der Waals surface area (Å²) in [4.78, 5) is 8.66. The largest absolute Gasteiger partial charge is 0.433 e. The van der Waals surface area contributed by atoms with Crippen molar-refractivity contribution in [1.29, 1.82) is 0 Å². The molecule has 0 aliphatic carbocycles. The van der Waals surface area contributed by atoms with Crippen LogP contribution >= 0.6 is 0 Å².